The molecule has 3 rings (SSSR count). The summed E-state index contributed by atoms with van der Waals surface area (Å²) in [5.41, 5.74) is 2.40. The molecular formula is C19H20N2O3. The highest BCUT2D eigenvalue weighted by Gasteiger charge is 2.29. The van der Waals surface area contributed by atoms with Crippen molar-refractivity contribution < 1.29 is 14.4 Å². The lowest BCUT2D eigenvalue weighted by molar-refractivity contribution is -0.125. The third-order valence-electron chi connectivity index (χ3n) is 3.67. The van der Waals surface area contributed by atoms with Gasteiger partial charge in [0.15, 0.2) is 0 Å². The van der Waals surface area contributed by atoms with E-state index in [1.807, 2.05) is 61.5 Å². The van der Waals surface area contributed by atoms with Gasteiger partial charge in [0, 0.05) is 6.42 Å². The van der Waals surface area contributed by atoms with Crippen molar-refractivity contribution in [3.05, 3.63) is 60.2 Å². The minimum absolute atomic E-state index is 0.225. The summed E-state index contributed by atoms with van der Waals surface area (Å²) in [7, 11) is 0. The number of benzene rings is 2. The second kappa shape index (κ2) is 7.64. The predicted octanol–water partition coefficient (Wildman–Crippen LogP) is 3.61. The first kappa shape index (κ1) is 16.1. The van der Waals surface area contributed by atoms with E-state index in [9.17, 15) is 4.79 Å². The van der Waals surface area contributed by atoms with Gasteiger partial charge in [-0.25, -0.2) is 0 Å². The number of nitrogens with zero attached hydrogens (tertiary/aromatic N) is 1. The average molecular weight is 324 g/mol. The van der Waals surface area contributed by atoms with Crippen LogP contribution in [0, 0.1) is 0 Å². The summed E-state index contributed by atoms with van der Waals surface area (Å²) in [6.45, 7) is 2.64. The molecule has 0 unspecified atom stereocenters. The van der Waals surface area contributed by atoms with E-state index in [-0.39, 0.29) is 5.91 Å². The molecule has 5 heteroatoms. The topological polar surface area (TPSA) is 59.9 Å². The third-order valence-corrected chi connectivity index (χ3v) is 3.67. The zero-order valence-electron chi connectivity index (χ0n) is 13.6. The summed E-state index contributed by atoms with van der Waals surface area (Å²) in [5, 5.41) is 6.92. The van der Waals surface area contributed by atoms with Crippen molar-refractivity contribution in [1.82, 2.24) is 0 Å². The summed E-state index contributed by atoms with van der Waals surface area (Å²) in [6.07, 6.45) is 0.732. The molecule has 0 saturated carbocycles. The van der Waals surface area contributed by atoms with Crippen LogP contribution in [0.4, 0.5) is 5.69 Å². The first-order valence-corrected chi connectivity index (χ1v) is 8.08. The molecule has 2 aromatic rings. The van der Waals surface area contributed by atoms with Crippen LogP contribution in [0.1, 0.15) is 25.3 Å². The highest BCUT2D eigenvalue weighted by molar-refractivity contribution is 6.06. The monoisotopic (exact) mass is 324 g/mol. The van der Waals surface area contributed by atoms with E-state index in [1.165, 1.54) is 0 Å². The fourth-order valence-corrected chi connectivity index (χ4v) is 2.44. The van der Waals surface area contributed by atoms with Crippen molar-refractivity contribution >= 4 is 17.3 Å². The van der Waals surface area contributed by atoms with E-state index in [2.05, 4.69) is 10.5 Å². The SMILES string of the molecule is CCCOc1ccccc1NC(=O)[C@H]1CC(c2ccccc2)=NO1. The number of oxime groups is 1. The molecule has 124 valence electrons. The van der Waals surface area contributed by atoms with Crippen molar-refractivity contribution in [2.75, 3.05) is 11.9 Å². The lowest BCUT2D eigenvalue weighted by atomic mass is 10.0. The fraction of sp³-hybridized carbons (Fsp3) is 0.263. The number of amides is 1. The molecular weight excluding hydrogens is 304 g/mol. The number of para-hydroxylation sites is 2. The van der Waals surface area contributed by atoms with Gasteiger partial charge in [-0.3, -0.25) is 4.79 Å². The predicted molar refractivity (Wildman–Crippen MR) is 93.3 cm³/mol. The molecule has 1 atom stereocenters. The van der Waals surface area contributed by atoms with Gasteiger partial charge in [-0.2, -0.15) is 0 Å². The Morgan fingerprint density at radius 1 is 1.21 bits per heavy atom. The lowest BCUT2D eigenvalue weighted by Gasteiger charge is -2.13. The number of carbonyl (C=O) groups excluding carboxylic acids is 1. The summed E-state index contributed by atoms with van der Waals surface area (Å²) >= 11 is 0. The van der Waals surface area contributed by atoms with Crippen LogP contribution in [-0.4, -0.2) is 24.3 Å². The Morgan fingerprint density at radius 3 is 2.75 bits per heavy atom. The molecule has 0 saturated heterocycles. The van der Waals surface area contributed by atoms with Gasteiger partial charge in [-0.15, -0.1) is 0 Å². The number of carbonyl (C=O) groups is 1. The summed E-state index contributed by atoms with van der Waals surface area (Å²) in [6, 6.07) is 17.1. The maximum Gasteiger partial charge on any atom is 0.268 e. The quantitative estimate of drug-likeness (QED) is 0.883. The van der Waals surface area contributed by atoms with E-state index in [4.69, 9.17) is 9.57 Å². The molecule has 2 aromatic carbocycles. The first-order valence-electron chi connectivity index (χ1n) is 8.08. The molecule has 1 aliphatic heterocycles. The molecule has 1 amide bonds. The molecule has 1 aliphatic rings. The molecule has 0 fully saturated rings. The van der Waals surface area contributed by atoms with Gasteiger partial charge in [-0.1, -0.05) is 54.5 Å². The van der Waals surface area contributed by atoms with Crippen LogP contribution >= 0.6 is 0 Å². The van der Waals surface area contributed by atoms with Crippen LogP contribution in [-0.2, 0) is 9.63 Å². The minimum Gasteiger partial charge on any atom is -0.491 e. The van der Waals surface area contributed by atoms with Crippen LogP contribution < -0.4 is 10.1 Å². The molecule has 24 heavy (non-hydrogen) atoms. The molecule has 5 nitrogen and oxygen atoms in total. The van der Waals surface area contributed by atoms with Crippen LogP contribution in [0.3, 0.4) is 0 Å². The molecule has 0 spiro atoms. The van der Waals surface area contributed by atoms with E-state index in [0.29, 0.717) is 24.5 Å². The average Bonchev–Trinajstić information content (AvgIpc) is 3.12. The van der Waals surface area contributed by atoms with Gasteiger partial charge >= 0.3 is 0 Å². The zero-order chi connectivity index (χ0) is 16.8. The van der Waals surface area contributed by atoms with Gasteiger partial charge in [-0.05, 0) is 24.1 Å². The van der Waals surface area contributed by atoms with Gasteiger partial charge < -0.3 is 14.9 Å². The summed E-state index contributed by atoms with van der Waals surface area (Å²) in [4.78, 5) is 17.8. The molecule has 0 aromatic heterocycles. The molecule has 1 N–H and O–H groups in total. The van der Waals surface area contributed by atoms with Crippen molar-refractivity contribution in [2.24, 2.45) is 5.16 Å². The van der Waals surface area contributed by atoms with Gasteiger partial charge in [0.05, 0.1) is 18.0 Å². The largest absolute Gasteiger partial charge is 0.491 e. The molecule has 0 radical (unpaired) electrons. The summed E-state index contributed by atoms with van der Waals surface area (Å²) in [5.74, 6) is 0.437. The van der Waals surface area contributed by atoms with Crippen molar-refractivity contribution in [2.45, 2.75) is 25.9 Å². The Bertz CT molecular complexity index is 728. The van der Waals surface area contributed by atoms with Gasteiger partial charge in [0.2, 0.25) is 6.10 Å². The summed E-state index contributed by atoms with van der Waals surface area (Å²) < 4.78 is 5.66. The van der Waals surface area contributed by atoms with Crippen molar-refractivity contribution in [3.63, 3.8) is 0 Å². The molecule has 0 bridgehead atoms. The third kappa shape index (κ3) is 3.74. The zero-order valence-corrected chi connectivity index (χ0v) is 13.6. The second-order valence-electron chi connectivity index (χ2n) is 5.54. The lowest BCUT2D eigenvalue weighted by Crippen LogP contribution is -2.28. The Morgan fingerprint density at radius 2 is 1.96 bits per heavy atom. The minimum atomic E-state index is -0.626. The van der Waals surface area contributed by atoms with Gasteiger partial charge in [0.1, 0.15) is 5.75 Å². The Labute approximate surface area is 141 Å². The maximum atomic E-state index is 12.5. The highest BCUT2D eigenvalue weighted by Crippen LogP contribution is 2.25. The van der Waals surface area contributed by atoms with Crippen LogP contribution in [0.15, 0.2) is 59.8 Å². The first-order chi connectivity index (χ1) is 11.8. The highest BCUT2D eigenvalue weighted by atomic mass is 16.6. The number of anilines is 1. The number of ether oxygens (including phenoxy) is 1. The van der Waals surface area contributed by atoms with Crippen molar-refractivity contribution in [3.8, 4) is 5.75 Å². The maximum absolute atomic E-state index is 12.5. The molecule has 1 heterocycles. The van der Waals surface area contributed by atoms with E-state index in [0.717, 1.165) is 17.7 Å². The fourth-order valence-electron chi connectivity index (χ4n) is 2.44. The van der Waals surface area contributed by atoms with Crippen LogP contribution in [0.2, 0.25) is 0 Å². The second-order valence-corrected chi connectivity index (χ2v) is 5.54. The Kier molecular flexibility index (Phi) is 5.11. The molecule has 0 aliphatic carbocycles. The van der Waals surface area contributed by atoms with Crippen LogP contribution in [0.5, 0.6) is 5.75 Å². The van der Waals surface area contributed by atoms with Gasteiger partial charge in [0.25, 0.3) is 5.91 Å². The van der Waals surface area contributed by atoms with E-state index >= 15 is 0 Å². The normalized spacial score (nSPS) is 16.2. The van der Waals surface area contributed by atoms with E-state index in [1.54, 1.807) is 0 Å². The standard InChI is InChI=1S/C19H20N2O3/c1-2-12-23-17-11-7-6-10-15(17)20-19(22)18-13-16(21-24-18)14-8-4-3-5-9-14/h3-11,18H,2,12-13H2,1H3,(H,20,22)/t18-/m1/s1. The van der Waals surface area contributed by atoms with Crippen LogP contribution in [0.25, 0.3) is 0 Å². The number of rotatable bonds is 6. The number of nitrogens with one attached hydrogen (secondary N) is 1. The number of hydrogen-bond acceptors (Lipinski definition) is 4. The smallest absolute Gasteiger partial charge is 0.268 e. The number of hydrogen-bond donors (Lipinski definition) is 1. The Balaban J connectivity index is 1.63. The van der Waals surface area contributed by atoms with Crippen molar-refractivity contribution in [1.29, 1.82) is 0 Å². The Hall–Kier alpha value is -2.82. The van der Waals surface area contributed by atoms with E-state index < -0.39 is 6.10 Å².